The first-order valence-electron chi connectivity index (χ1n) is 9.49. The van der Waals surface area contributed by atoms with Gasteiger partial charge in [-0.25, -0.2) is 0 Å². The van der Waals surface area contributed by atoms with Crippen LogP contribution in [0.2, 0.25) is 0 Å². The summed E-state index contributed by atoms with van der Waals surface area (Å²) in [7, 11) is 0. The van der Waals surface area contributed by atoms with E-state index in [1.165, 1.54) is 11.3 Å². The van der Waals surface area contributed by atoms with E-state index >= 15 is 0 Å². The summed E-state index contributed by atoms with van der Waals surface area (Å²) in [4.78, 5) is 15.9. The minimum atomic E-state index is 0.189. The molecule has 0 radical (unpaired) electrons. The lowest BCUT2D eigenvalue weighted by Gasteiger charge is -2.36. The number of piperidine rings is 1. The largest absolute Gasteiger partial charge is 0.382 e. The number of para-hydroxylation sites is 1. The van der Waals surface area contributed by atoms with Crippen LogP contribution in [0.3, 0.4) is 0 Å². The number of benzene rings is 1. The van der Waals surface area contributed by atoms with Gasteiger partial charge in [0.2, 0.25) is 5.91 Å². The molecule has 1 aromatic rings. The number of hydrogen-bond donors (Lipinski definition) is 1. The second-order valence-electron chi connectivity index (χ2n) is 7.53. The maximum absolute atomic E-state index is 11.5. The van der Waals surface area contributed by atoms with E-state index in [2.05, 4.69) is 48.3 Å². The summed E-state index contributed by atoms with van der Waals surface area (Å²) in [5.41, 5.74) is 2.58. The Morgan fingerprint density at radius 1 is 1.16 bits per heavy atom. The molecule has 2 atom stereocenters. The third-order valence-electron chi connectivity index (χ3n) is 5.21. The first-order valence-corrected chi connectivity index (χ1v) is 9.49. The number of carbonyl (C=O) groups is 1. The second kappa shape index (κ2) is 8.19. The average Bonchev–Trinajstić information content (AvgIpc) is 2.56. The van der Waals surface area contributed by atoms with E-state index in [9.17, 15) is 4.79 Å². The minimum absolute atomic E-state index is 0.189. The van der Waals surface area contributed by atoms with Gasteiger partial charge >= 0.3 is 0 Å². The van der Waals surface area contributed by atoms with E-state index in [0.717, 1.165) is 45.6 Å². The molecule has 2 aliphatic rings. The van der Waals surface area contributed by atoms with Gasteiger partial charge in [-0.1, -0.05) is 18.2 Å². The van der Waals surface area contributed by atoms with Gasteiger partial charge in [0.05, 0.1) is 12.2 Å². The lowest BCUT2D eigenvalue weighted by molar-refractivity contribution is -0.129. The first-order chi connectivity index (χ1) is 12.0. The van der Waals surface area contributed by atoms with Crippen LogP contribution in [0.15, 0.2) is 24.3 Å². The molecule has 1 amide bonds. The van der Waals surface area contributed by atoms with Crippen molar-refractivity contribution in [2.75, 3.05) is 31.5 Å². The molecule has 0 saturated carbocycles. The van der Waals surface area contributed by atoms with Crippen molar-refractivity contribution in [3.63, 3.8) is 0 Å². The summed E-state index contributed by atoms with van der Waals surface area (Å²) in [6.07, 6.45) is 2.61. The van der Waals surface area contributed by atoms with E-state index in [4.69, 9.17) is 4.74 Å². The van der Waals surface area contributed by atoms with Crippen LogP contribution < -0.4 is 5.32 Å². The van der Waals surface area contributed by atoms with Crippen LogP contribution in [-0.2, 0) is 16.1 Å². The highest BCUT2D eigenvalue weighted by Gasteiger charge is 2.24. The summed E-state index contributed by atoms with van der Waals surface area (Å²) in [6, 6.07) is 9.06. The fourth-order valence-electron chi connectivity index (χ4n) is 4.01. The molecule has 0 unspecified atom stereocenters. The maximum atomic E-state index is 11.5. The van der Waals surface area contributed by atoms with Crippen LogP contribution in [0.5, 0.6) is 0 Å². The van der Waals surface area contributed by atoms with E-state index in [-0.39, 0.29) is 5.91 Å². The molecular formula is C20H31N3O2. The fourth-order valence-corrected chi connectivity index (χ4v) is 4.01. The third kappa shape index (κ3) is 4.95. The highest BCUT2D eigenvalue weighted by molar-refractivity contribution is 5.73. The number of rotatable bonds is 4. The zero-order chi connectivity index (χ0) is 17.8. The Morgan fingerprint density at radius 2 is 1.80 bits per heavy atom. The van der Waals surface area contributed by atoms with Crippen molar-refractivity contribution in [3.05, 3.63) is 29.8 Å². The van der Waals surface area contributed by atoms with Crippen molar-refractivity contribution in [2.24, 2.45) is 0 Å². The Morgan fingerprint density at radius 3 is 2.44 bits per heavy atom. The Kier molecular flexibility index (Phi) is 5.97. The first kappa shape index (κ1) is 18.2. The molecule has 3 rings (SSSR count). The van der Waals surface area contributed by atoms with Gasteiger partial charge in [-0.2, -0.15) is 0 Å². The predicted octanol–water partition coefficient (Wildman–Crippen LogP) is 2.72. The smallest absolute Gasteiger partial charge is 0.219 e. The normalized spacial score (nSPS) is 25.8. The summed E-state index contributed by atoms with van der Waals surface area (Å²) in [5, 5.41) is 3.73. The fraction of sp³-hybridized carbons (Fsp3) is 0.650. The lowest BCUT2D eigenvalue weighted by Crippen LogP contribution is -2.45. The number of carbonyl (C=O) groups excluding carboxylic acids is 1. The van der Waals surface area contributed by atoms with Crippen molar-refractivity contribution in [1.29, 1.82) is 0 Å². The standard InChI is InChI=1S/C20H31N3O2/c1-15-12-22(13-16(2)25-15)14-18-6-4-5-7-20(18)21-19-8-10-23(11-9-19)17(3)24/h4-7,15-16,19,21H,8-14H2,1-3H3/t15-,16-/m1/s1. The molecule has 5 heteroatoms. The summed E-state index contributed by atoms with van der Waals surface area (Å²) < 4.78 is 5.85. The van der Waals surface area contributed by atoms with Crippen molar-refractivity contribution in [1.82, 2.24) is 9.80 Å². The molecular weight excluding hydrogens is 314 g/mol. The van der Waals surface area contributed by atoms with Gasteiger partial charge in [-0.3, -0.25) is 9.69 Å². The summed E-state index contributed by atoms with van der Waals surface area (Å²) in [6.45, 7) is 10.6. The zero-order valence-electron chi connectivity index (χ0n) is 15.7. The van der Waals surface area contributed by atoms with Crippen molar-refractivity contribution in [3.8, 4) is 0 Å². The number of nitrogens with zero attached hydrogens (tertiary/aromatic N) is 2. The number of likely N-dealkylation sites (tertiary alicyclic amines) is 1. The van der Waals surface area contributed by atoms with Gasteiger partial charge in [0, 0.05) is 51.4 Å². The molecule has 138 valence electrons. The van der Waals surface area contributed by atoms with Crippen LogP contribution in [0.25, 0.3) is 0 Å². The lowest BCUT2D eigenvalue weighted by atomic mass is 10.0. The van der Waals surface area contributed by atoms with Gasteiger partial charge < -0.3 is 15.0 Å². The number of nitrogens with one attached hydrogen (secondary N) is 1. The molecule has 2 aliphatic heterocycles. The molecule has 0 aromatic heterocycles. The van der Waals surface area contributed by atoms with Gasteiger partial charge in [0.25, 0.3) is 0 Å². The molecule has 0 aliphatic carbocycles. The van der Waals surface area contributed by atoms with Crippen molar-refractivity contribution in [2.45, 2.75) is 58.4 Å². The van der Waals surface area contributed by atoms with Gasteiger partial charge in [-0.15, -0.1) is 0 Å². The molecule has 2 saturated heterocycles. The molecule has 5 nitrogen and oxygen atoms in total. The number of hydrogen-bond acceptors (Lipinski definition) is 4. The maximum Gasteiger partial charge on any atom is 0.219 e. The zero-order valence-corrected chi connectivity index (χ0v) is 15.7. The van der Waals surface area contributed by atoms with Gasteiger partial charge in [0.15, 0.2) is 0 Å². The second-order valence-corrected chi connectivity index (χ2v) is 7.53. The van der Waals surface area contributed by atoms with E-state index in [1.807, 2.05) is 4.90 Å². The van der Waals surface area contributed by atoms with Gasteiger partial charge in [-0.05, 0) is 38.3 Å². The van der Waals surface area contributed by atoms with Crippen molar-refractivity contribution < 1.29 is 9.53 Å². The van der Waals surface area contributed by atoms with Crippen LogP contribution in [0, 0.1) is 0 Å². The topological polar surface area (TPSA) is 44.8 Å². The number of amides is 1. The van der Waals surface area contributed by atoms with E-state index in [1.54, 1.807) is 6.92 Å². The highest BCUT2D eigenvalue weighted by Crippen LogP contribution is 2.23. The average molecular weight is 345 g/mol. The third-order valence-corrected chi connectivity index (χ3v) is 5.21. The van der Waals surface area contributed by atoms with E-state index < -0.39 is 0 Å². The minimum Gasteiger partial charge on any atom is -0.382 e. The summed E-state index contributed by atoms with van der Waals surface area (Å²) in [5.74, 6) is 0.189. The van der Waals surface area contributed by atoms with Crippen LogP contribution in [-0.4, -0.2) is 60.1 Å². The monoisotopic (exact) mass is 345 g/mol. The number of ether oxygens (including phenoxy) is 1. The molecule has 0 spiro atoms. The SMILES string of the molecule is CC(=O)N1CCC(Nc2ccccc2CN2C[C@@H](C)O[C@H](C)C2)CC1. The molecule has 1 N–H and O–H groups in total. The molecule has 2 heterocycles. The molecule has 25 heavy (non-hydrogen) atoms. The highest BCUT2D eigenvalue weighted by atomic mass is 16.5. The van der Waals surface area contributed by atoms with Gasteiger partial charge in [0.1, 0.15) is 0 Å². The number of anilines is 1. The van der Waals surface area contributed by atoms with E-state index in [0.29, 0.717) is 18.2 Å². The number of morpholine rings is 1. The quantitative estimate of drug-likeness (QED) is 0.911. The van der Waals surface area contributed by atoms with Crippen LogP contribution in [0.1, 0.15) is 39.2 Å². The Bertz CT molecular complexity index is 574. The Hall–Kier alpha value is -1.59. The predicted molar refractivity (Wildman–Crippen MR) is 101 cm³/mol. The van der Waals surface area contributed by atoms with Crippen LogP contribution in [0.4, 0.5) is 5.69 Å². The molecule has 1 aromatic carbocycles. The van der Waals surface area contributed by atoms with Crippen molar-refractivity contribution >= 4 is 11.6 Å². The Labute approximate surface area is 151 Å². The van der Waals surface area contributed by atoms with Crippen LogP contribution >= 0.6 is 0 Å². The summed E-state index contributed by atoms with van der Waals surface area (Å²) >= 11 is 0. The molecule has 2 fully saturated rings. The Balaban J connectivity index is 1.60. The molecule has 0 bridgehead atoms.